The maximum Gasteiger partial charge on any atom is 0.227 e. The summed E-state index contributed by atoms with van der Waals surface area (Å²) in [6.07, 6.45) is 4.46. The highest BCUT2D eigenvalue weighted by Gasteiger charge is 2.27. The van der Waals surface area contributed by atoms with Crippen LogP contribution in [0, 0.1) is 0 Å². The fourth-order valence-corrected chi connectivity index (χ4v) is 4.13. The van der Waals surface area contributed by atoms with Crippen LogP contribution in [0.5, 0.6) is 0 Å². The molecule has 0 radical (unpaired) electrons. The molecular weight excluding hydrogens is 404 g/mol. The van der Waals surface area contributed by atoms with Crippen molar-refractivity contribution in [1.29, 1.82) is 0 Å². The monoisotopic (exact) mass is 434 g/mol. The minimum absolute atomic E-state index is 0.0176. The lowest BCUT2D eigenvalue weighted by atomic mass is 10.0. The number of piperidine rings is 1. The Kier molecular flexibility index (Phi) is 7.25. The van der Waals surface area contributed by atoms with Gasteiger partial charge in [-0.3, -0.25) is 4.79 Å². The number of carbonyl (C=O) groups is 1. The number of amides is 1. The summed E-state index contributed by atoms with van der Waals surface area (Å²) in [4.78, 5) is 18.9. The van der Waals surface area contributed by atoms with E-state index in [1.807, 2.05) is 12.1 Å². The van der Waals surface area contributed by atoms with E-state index < -0.39 is 10.0 Å². The molecule has 2 heterocycles. The molecule has 0 saturated carbocycles. The molecule has 1 saturated heterocycles. The zero-order chi connectivity index (χ0) is 21.7. The van der Waals surface area contributed by atoms with Crippen molar-refractivity contribution in [2.75, 3.05) is 19.3 Å². The van der Waals surface area contributed by atoms with Crippen LogP contribution >= 0.6 is 0 Å². The Morgan fingerprint density at radius 3 is 2.67 bits per heavy atom. The number of nitrogens with zero attached hydrogens (tertiary/aromatic N) is 3. The molecule has 2 aromatic rings. The van der Waals surface area contributed by atoms with Gasteiger partial charge in [0, 0.05) is 37.5 Å². The Morgan fingerprint density at radius 1 is 1.27 bits per heavy atom. The Bertz CT molecular complexity index is 954. The highest BCUT2D eigenvalue weighted by molar-refractivity contribution is 7.88. The van der Waals surface area contributed by atoms with Crippen molar-refractivity contribution in [2.24, 2.45) is 0 Å². The van der Waals surface area contributed by atoms with Gasteiger partial charge < -0.3 is 9.42 Å². The summed E-state index contributed by atoms with van der Waals surface area (Å²) in [5.74, 6) is 1.38. The van der Waals surface area contributed by atoms with Crippen LogP contribution in [0.4, 0.5) is 0 Å². The highest BCUT2D eigenvalue weighted by Crippen LogP contribution is 2.22. The molecule has 9 heteroatoms. The maximum atomic E-state index is 12.7. The van der Waals surface area contributed by atoms with Crippen molar-refractivity contribution in [2.45, 2.75) is 57.9 Å². The number of hydrogen-bond donors (Lipinski definition) is 1. The molecule has 1 fully saturated rings. The number of likely N-dealkylation sites (tertiary alicyclic amines) is 1. The van der Waals surface area contributed by atoms with Crippen LogP contribution in [0.15, 0.2) is 28.8 Å². The molecule has 8 nitrogen and oxygen atoms in total. The number of carbonyl (C=O) groups excluding carboxylic acids is 1. The molecule has 1 aliphatic rings. The van der Waals surface area contributed by atoms with Gasteiger partial charge in [0.15, 0.2) is 0 Å². The third-order valence-electron chi connectivity index (χ3n) is 5.38. The van der Waals surface area contributed by atoms with Crippen LogP contribution in [0.25, 0.3) is 11.4 Å². The van der Waals surface area contributed by atoms with Crippen LogP contribution in [0.2, 0.25) is 0 Å². The van der Waals surface area contributed by atoms with E-state index in [0.29, 0.717) is 30.6 Å². The first-order valence-corrected chi connectivity index (χ1v) is 12.3. The number of hydrogen-bond acceptors (Lipinski definition) is 6. The summed E-state index contributed by atoms with van der Waals surface area (Å²) >= 11 is 0. The van der Waals surface area contributed by atoms with Crippen LogP contribution in [0.1, 0.15) is 56.9 Å². The molecular formula is C21H30N4O4S. The average molecular weight is 435 g/mol. The summed E-state index contributed by atoms with van der Waals surface area (Å²) in [6.45, 7) is 5.18. The Labute approximate surface area is 178 Å². The van der Waals surface area contributed by atoms with Crippen LogP contribution < -0.4 is 4.72 Å². The molecule has 1 N–H and O–H groups in total. The van der Waals surface area contributed by atoms with E-state index in [1.54, 1.807) is 4.90 Å². The number of aromatic nitrogens is 2. The van der Waals surface area contributed by atoms with Crippen molar-refractivity contribution >= 4 is 15.9 Å². The minimum atomic E-state index is -3.28. The zero-order valence-corrected chi connectivity index (χ0v) is 18.6. The van der Waals surface area contributed by atoms with Gasteiger partial charge >= 0.3 is 0 Å². The lowest BCUT2D eigenvalue weighted by Gasteiger charge is -2.35. The van der Waals surface area contributed by atoms with Crippen molar-refractivity contribution in [3.05, 3.63) is 35.7 Å². The molecule has 30 heavy (non-hydrogen) atoms. The lowest BCUT2D eigenvalue weighted by Crippen LogP contribution is -2.49. The predicted octanol–water partition coefficient (Wildman–Crippen LogP) is 2.72. The molecule has 0 spiro atoms. The number of sulfonamides is 1. The molecule has 1 unspecified atom stereocenters. The third kappa shape index (κ3) is 6.12. The second-order valence-electron chi connectivity index (χ2n) is 8.15. The van der Waals surface area contributed by atoms with Crippen LogP contribution in [-0.4, -0.2) is 54.8 Å². The van der Waals surface area contributed by atoms with E-state index in [2.05, 4.69) is 40.8 Å². The Balaban J connectivity index is 1.57. The SMILES string of the molecule is CC(C)c1ccc(-c2noc(CCC(=O)N3CCCCC3CNS(C)(=O)=O)n2)cc1. The van der Waals surface area contributed by atoms with Crippen LogP contribution in [0.3, 0.4) is 0 Å². The second-order valence-corrected chi connectivity index (χ2v) is 9.98. The largest absolute Gasteiger partial charge is 0.339 e. The smallest absolute Gasteiger partial charge is 0.227 e. The van der Waals surface area contributed by atoms with Crippen molar-refractivity contribution < 1.29 is 17.7 Å². The Morgan fingerprint density at radius 2 is 2.00 bits per heavy atom. The first-order chi connectivity index (χ1) is 14.2. The van der Waals surface area contributed by atoms with Crippen LogP contribution in [-0.2, 0) is 21.2 Å². The van der Waals surface area contributed by atoms with Gasteiger partial charge in [-0.2, -0.15) is 4.98 Å². The van der Waals surface area contributed by atoms with E-state index in [-0.39, 0.29) is 24.9 Å². The standard InChI is InChI=1S/C21H30N4O4S/c1-15(2)16-7-9-17(10-8-16)21-23-19(29-24-21)11-12-20(26)25-13-5-4-6-18(25)14-22-30(3,27)28/h7-10,15,18,22H,4-6,11-14H2,1-3H3. The quantitative estimate of drug-likeness (QED) is 0.685. The predicted molar refractivity (Wildman–Crippen MR) is 114 cm³/mol. The molecule has 1 amide bonds. The van der Waals surface area contributed by atoms with Crippen molar-refractivity contribution in [3.63, 3.8) is 0 Å². The number of aryl methyl sites for hydroxylation is 1. The van der Waals surface area contributed by atoms with E-state index in [0.717, 1.165) is 31.1 Å². The van der Waals surface area contributed by atoms with E-state index in [1.165, 1.54) is 5.56 Å². The molecule has 0 bridgehead atoms. The average Bonchev–Trinajstić information content (AvgIpc) is 3.19. The van der Waals surface area contributed by atoms with E-state index >= 15 is 0 Å². The molecule has 164 valence electrons. The first kappa shape index (κ1) is 22.4. The van der Waals surface area contributed by atoms with Gasteiger partial charge in [-0.1, -0.05) is 43.3 Å². The number of rotatable bonds is 8. The molecule has 1 aromatic carbocycles. The van der Waals surface area contributed by atoms with Gasteiger partial charge in [-0.15, -0.1) is 0 Å². The number of benzene rings is 1. The van der Waals surface area contributed by atoms with Gasteiger partial charge in [0.1, 0.15) is 0 Å². The van der Waals surface area contributed by atoms with Crippen molar-refractivity contribution in [3.8, 4) is 11.4 Å². The number of nitrogens with one attached hydrogen (secondary N) is 1. The molecule has 1 aromatic heterocycles. The van der Waals surface area contributed by atoms with Gasteiger partial charge in [-0.05, 0) is 30.7 Å². The van der Waals surface area contributed by atoms with Gasteiger partial charge in [0.2, 0.25) is 27.6 Å². The summed E-state index contributed by atoms with van der Waals surface area (Å²) < 4.78 is 30.6. The van der Waals surface area contributed by atoms with Gasteiger partial charge in [0.05, 0.1) is 6.26 Å². The fraction of sp³-hybridized carbons (Fsp3) is 0.571. The summed E-state index contributed by atoms with van der Waals surface area (Å²) in [7, 11) is -3.28. The fourth-order valence-electron chi connectivity index (χ4n) is 3.64. The minimum Gasteiger partial charge on any atom is -0.339 e. The maximum absolute atomic E-state index is 12.7. The molecule has 1 atom stereocenters. The zero-order valence-electron chi connectivity index (χ0n) is 17.8. The second kappa shape index (κ2) is 9.70. The first-order valence-electron chi connectivity index (χ1n) is 10.4. The molecule has 3 rings (SSSR count). The topological polar surface area (TPSA) is 105 Å². The molecule has 1 aliphatic heterocycles. The molecule has 0 aliphatic carbocycles. The van der Waals surface area contributed by atoms with E-state index in [9.17, 15) is 13.2 Å². The Hall–Kier alpha value is -2.26. The highest BCUT2D eigenvalue weighted by atomic mass is 32.2. The van der Waals surface area contributed by atoms with Crippen molar-refractivity contribution in [1.82, 2.24) is 19.8 Å². The normalized spacial score (nSPS) is 17.5. The summed E-state index contributed by atoms with van der Waals surface area (Å²) in [6, 6.07) is 7.95. The van der Waals surface area contributed by atoms with Gasteiger partial charge in [-0.25, -0.2) is 13.1 Å². The van der Waals surface area contributed by atoms with E-state index in [4.69, 9.17) is 4.52 Å². The third-order valence-corrected chi connectivity index (χ3v) is 6.08. The lowest BCUT2D eigenvalue weighted by molar-refractivity contribution is -0.134. The summed E-state index contributed by atoms with van der Waals surface area (Å²) in [5.41, 5.74) is 2.12. The summed E-state index contributed by atoms with van der Waals surface area (Å²) in [5, 5.41) is 4.04. The van der Waals surface area contributed by atoms with Gasteiger partial charge in [0.25, 0.3) is 0 Å².